The number of pyridine rings is 1. The molecule has 1 aromatic heterocycles. The zero-order valence-corrected chi connectivity index (χ0v) is 16.5. The maximum atomic E-state index is 13.2. The predicted molar refractivity (Wildman–Crippen MR) is 110 cm³/mol. The standard InChI is InChI=1S/C24H24N2O2/c1-14-9-20-13-26(14)24(27)21-12-19(15(2)16(3)23(21)28-20)11-17-6-7-22-18(10-17)5-4-8-25-22/h4-8,10,12,14,20H,9,11,13H2,1-3H3/t14-,20+/m1/s1. The molecular weight excluding hydrogens is 348 g/mol. The fraction of sp³-hybridized carbons (Fsp3) is 0.333. The molecule has 2 aliphatic rings. The van der Waals surface area contributed by atoms with Crippen LogP contribution < -0.4 is 4.74 Å². The van der Waals surface area contributed by atoms with Crippen molar-refractivity contribution in [2.45, 2.75) is 45.8 Å². The molecule has 4 nitrogen and oxygen atoms in total. The number of amides is 1. The molecule has 0 unspecified atom stereocenters. The van der Waals surface area contributed by atoms with E-state index in [4.69, 9.17) is 4.74 Å². The molecular formula is C24H24N2O2. The molecule has 0 spiro atoms. The number of carbonyl (C=O) groups is 1. The van der Waals surface area contributed by atoms with Gasteiger partial charge in [0, 0.05) is 24.0 Å². The number of ether oxygens (including phenoxy) is 1. The first-order valence-electron chi connectivity index (χ1n) is 9.95. The van der Waals surface area contributed by atoms with Gasteiger partial charge in [-0.2, -0.15) is 0 Å². The van der Waals surface area contributed by atoms with Crippen LogP contribution in [0.15, 0.2) is 42.6 Å². The van der Waals surface area contributed by atoms with Gasteiger partial charge in [0.05, 0.1) is 17.6 Å². The van der Waals surface area contributed by atoms with E-state index in [0.717, 1.165) is 40.6 Å². The highest BCUT2D eigenvalue weighted by molar-refractivity contribution is 5.98. The van der Waals surface area contributed by atoms with Gasteiger partial charge < -0.3 is 9.64 Å². The van der Waals surface area contributed by atoms with Crippen LogP contribution in [0.5, 0.6) is 5.75 Å². The van der Waals surface area contributed by atoms with E-state index in [-0.39, 0.29) is 18.1 Å². The summed E-state index contributed by atoms with van der Waals surface area (Å²) >= 11 is 0. The summed E-state index contributed by atoms with van der Waals surface area (Å²) in [4.78, 5) is 19.6. The highest BCUT2D eigenvalue weighted by atomic mass is 16.5. The summed E-state index contributed by atoms with van der Waals surface area (Å²) in [6.07, 6.45) is 3.63. The van der Waals surface area contributed by atoms with Crippen LogP contribution in [0, 0.1) is 13.8 Å². The van der Waals surface area contributed by atoms with Gasteiger partial charge in [-0.3, -0.25) is 9.78 Å². The summed E-state index contributed by atoms with van der Waals surface area (Å²) in [5, 5.41) is 1.14. The molecule has 4 heteroatoms. The third-order valence-corrected chi connectivity index (χ3v) is 6.32. The van der Waals surface area contributed by atoms with Crippen LogP contribution in [0.1, 0.15) is 46.0 Å². The van der Waals surface area contributed by atoms with Crippen LogP contribution in [-0.2, 0) is 6.42 Å². The number of benzene rings is 2. The van der Waals surface area contributed by atoms with Crippen molar-refractivity contribution in [3.63, 3.8) is 0 Å². The molecule has 2 aliphatic heterocycles. The molecule has 3 heterocycles. The molecule has 0 saturated carbocycles. The highest BCUT2D eigenvalue weighted by Gasteiger charge is 2.39. The number of hydrogen-bond donors (Lipinski definition) is 0. The maximum Gasteiger partial charge on any atom is 0.258 e. The van der Waals surface area contributed by atoms with Crippen LogP contribution in [0.2, 0.25) is 0 Å². The number of fused-ring (bicyclic) bond motifs is 4. The lowest BCUT2D eigenvalue weighted by molar-refractivity contribution is 0.0748. The van der Waals surface area contributed by atoms with Crippen molar-refractivity contribution in [2.75, 3.05) is 6.54 Å². The van der Waals surface area contributed by atoms with E-state index in [1.165, 1.54) is 16.7 Å². The van der Waals surface area contributed by atoms with Crippen molar-refractivity contribution < 1.29 is 9.53 Å². The minimum absolute atomic E-state index is 0.106. The zero-order valence-electron chi connectivity index (χ0n) is 16.5. The zero-order chi connectivity index (χ0) is 19.4. The third kappa shape index (κ3) is 2.67. The highest BCUT2D eigenvalue weighted by Crippen LogP contribution is 2.38. The monoisotopic (exact) mass is 372 g/mol. The van der Waals surface area contributed by atoms with Crippen LogP contribution in [0.4, 0.5) is 0 Å². The lowest BCUT2D eigenvalue weighted by Gasteiger charge is -2.24. The number of hydrogen-bond acceptors (Lipinski definition) is 3. The Kier molecular flexibility index (Phi) is 3.90. The summed E-state index contributed by atoms with van der Waals surface area (Å²) in [6, 6.07) is 12.7. The first kappa shape index (κ1) is 17.2. The summed E-state index contributed by atoms with van der Waals surface area (Å²) in [6.45, 7) is 7.01. The maximum absolute atomic E-state index is 13.2. The molecule has 0 aliphatic carbocycles. The number of carbonyl (C=O) groups excluding carboxylic acids is 1. The minimum atomic E-state index is 0.106. The smallest absolute Gasteiger partial charge is 0.258 e. The van der Waals surface area contributed by atoms with Gasteiger partial charge >= 0.3 is 0 Å². The Labute approximate surface area is 165 Å². The number of rotatable bonds is 2. The molecule has 2 bridgehead atoms. The van der Waals surface area contributed by atoms with Gasteiger partial charge in [0.15, 0.2) is 0 Å². The van der Waals surface area contributed by atoms with E-state index in [0.29, 0.717) is 6.54 Å². The largest absolute Gasteiger partial charge is 0.487 e. The molecule has 142 valence electrons. The topological polar surface area (TPSA) is 42.4 Å². The fourth-order valence-corrected chi connectivity index (χ4v) is 4.58. The van der Waals surface area contributed by atoms with Gasteiger partial charge in [-0.25, -0.2) is 0 Å². The van der Waals surface area contributed by atoms with E-state index in [9.17, 15) is 4.79 Å². The van der Waals surface area contributed by atoms with Crippen LogP contribution in [0.25, 0.3) is 10.9 Å². The first-order chi connectivity index (χ1) is 13.5. The number of nitrogens with zero attached hydrogens (tertiary/aromatic N) is 2. The Morgan fingerprint density at radius 2 is 2.04 bits per heavy atom. The summed E-state index contributed by atoms with van der Waals surface area (Å²) < 4.78 is 6.29. The van der Waals surface area contributed by atoms with Gasteiger partial charge in [0.25, 0.3) is 5.91 Å². The lowest BCUT2D eigenvalue weighted by atomic mass is 9.92. The predicted octanol–water partition coefficient (Wildman–Crippen LogP) is 4.44. The molecule has 28 heavy (non-hydrogen) atoms. The second kappa shape index (κ2) is 6.33. The molecule has 2 atom stereocenters. The Hall–Kier alpha value is -2.88. The number of aromatic nitrogens is 1. The quantitative estimate of drug-likeness (QED) is 0.668. The average molecular weight is 372 g/mol. The molecule has 1 saturated heterocycles. The van der Waals surface area contributed by atoms with Crippen molar-refractivity contribution in [1.82, 2.24) is 9.88 Å². The van der Waals surface area contributed by atoms with Gasteiger partial charge in [0.1, 0.15) is 11.9 Å². The van der Waals surface area contributed by atoms with E-state index < -0.39 is 0 Å². The second-order valence-electron chi connectivity index (χ2n) is 8.15. The van der Waals surface area contributed by atoms with Gasteiger partial charge in [-0.1, -0.05) is 12.1 Å². The van der Waals surface area contributed by atoms with Gasteiger partial charge in [-0.15, -0.1) is 0 Å². The second-order valence-corrected chi connectivity index (χ2v) is 8.15. The molecule has 0 N–H and O–H groups in total. The van der Waals surface area contributed by atoms with Crippen molar-refractivity contribution in [2.24, 2.45) is 0 Å². The van der Waals surface area contributed by atoms with E-state index in [1.54, 1.807) is 0 Å². The first-order valence-corrected chi connectivity index (χ1v) is 9.95. The van der Waals surface area contributed by atoms with Gasteiger partial charge in [0.2, 0.25) is 0 Å². The van der Waals surface area contributed by atoms with Crippen LogP contribution in [0.3, 0.4) is 0 Å². The Morgan fingerprint density at radius 1 is 1.18 bits per heavy atom. The molecule has 1 fully saturated rings. The summed E-state index contributed by atoms with van der Waals surface area (Å²) in [7, 11) is 0. The Morgan fingerprint density at radius 3 is 2.89 bits per heavy atom. The molecule has 2 aromatic carbocycles. The van der Waals surface area contributed by atoms with Gasteiger partial charge in [-0.05, 0) is 73.7 Å². The molecule has 5 rings (SSSR count). The molecule has 3 aromatic rings. The van der Waals surface area contributed by atoms with E-state index in [1.807, 2.05) is 17.2 Å². The Balaban J connectivity index is 1.57. The van der Waals surface area contributed by atoms with Crippen molar-refractivity contribution in [3.05, 3.63) is 70.4 Å². The van der Waals surface area contributed by atoms with E-state index in [2.05, 4.69) is 56.1 Å². The third-order valence-electron chi connectivity index (χ3n) is 6.32. The fourth-order valence-electron chi connectivity index (χ4n) is 4.58. The van der Waals surface area contributed by atoms with Crippen LogP contribution >= 0.6 is 0 Å². The Bertz CT molecular complexity index is 1110. The van der Waals surface area contributed by atoms with Crippen molar-refractivity contribution in [3.8, 4) is 5.75 Å². The normalized spacial score (nSPS) is 20.8. The van der Waals surface area contributed by atoms with Crippen molar-refractivity contribution >= 4 is 16.8 Å². The van der Waals surface area contributed by atoms with Crippen LogP contribution in [-0.4, -0.2) is 34.5 Å². The lowest BCUT2D eigenvalue weighted by Crippen LogP contribution is -2.33. The molecule has 0 radical (unpaired) electrons. The minimum Gasteiger partial charge on any atom is -0.487 e. The molecule has 1 amide bonds. The SMILES string of the molecule is Cc1c(Cc2ccc3ncccc3c2)cc2c(c1C)O[C@H]1C[C@@H](C)N(C1)C2=O. The van der Waals surface area contributed by atoms with Crippen molar-refractivity contribution in [1.29, 1.82) is 0 Å². The summed E-state index contributed by atoms with van der Waals surface area (Å²) in [5.74, 6) is 0.892. The van der Waals surface area contributed by atoms with E-state index >= 15 is 0 Å². The average Bonchev–Trinajstić information content (AvgIpc) is 3.00. The summed E-state index contributed by atoms with van der Waals surface area (Å²) in [5.41, 5.74) is 6.42.